The molecule has 0 aliphatic rings. The van der Waals surface area contributed by atoms with Gasteiger partial charge in [0.15, 0.2) is 11.6 Å². The number of para-hydroxylation sites is 2. The number of benzene rings is 8. The number of rotatable bonds is 6. The lowest BCUT2D eigenvalue weighted by Crippen LogP contribution is -2.06. The normalized spacial score (nSPS) is 11.6. The highest BCUT2D eigenvalue weighted by molar-refractivity contribution is 6.28. The molecule has 0 atom stereocenters. The molecule has 0 unspecified atom stereocenters. The van der Waals surface area contributed by atoms with E-state index >= 15 is 0 Å². The van der Waals surface area contributed by atoms with E-state index in [0.717, 1.165) is 49.8 Å². The molecule has 3 aromatic heterocycles. The maximum absolute atomic E-state index is 5.24. The minimum Gasteiger partial charge on any atom is -0.309 e. The number of fused-ring (bicyclic) bond motifs is 7. The predicted molar refractivity (Wildman–Crippen MR) is 230 cm³/mol. The summed E-state index contributed by atoms with van der Waals surface area (Å²) in [6, 6.07) is 70.3. The number of hydrogen-bond donors (Lipinski definition) is 0. The number of nitrogens with zero attached hydrogens (tertiary/aromatic N) is 5. The Kier molecular flexibility index (Phi) is 7.42. The van der Waals surface area contributed by atoms with Crippen LogP contribution in [-0.4, -0.2) is 24.1 Å². The van der Waals surface area contributed by atoms with Crippen LogP contribution < -0.4 is 0 Å². The maximum Gasteiger partial charge on any atom is 0.238 e. The Morgan fingerprint density at radius 1 is 0.268 bits per heavy atom. The van der Waals surface area contributed by atoms with Crippen LogP contribution in [0.15, 0.2) is 200 Å². The topological polar surface area (TPSA) is 48.5 Å². The Hall–Kier alpha value is -7.63. The Bertz CT molecular complexity index is 3200. The maximum atomic E-state index is 5.24. The van der Waals surface area contributed by atoms with Crippen LogP contribution in [0.5, 0.6) is 0 Å². The van der Waals surface area contributed by atoms with Gasteiger partial charge in [-0.1, -0.05) is 164 Å². The molecule has 11 rings (SSSR count). The minimum atomic E-state index is 0.576. The van der Waals surface area contributed by atoms with E-state index in [9.17, 15) is 0 Å². The molecular weight excluding hydrogens is 683 g/mol. The molecule has 5 nitrogen and oxygen atoms in total. The van der Waals surface area contributed by atoms with E-state index in [4.69, 9.17) is 15.0 Å². The quantitative estimate of drug-likeness (QED) is 0.172. The van der Waals surface area contributed by atoms with Crippen LogP contribution in [0.1, 0.15) is 0 Å². The minimum absolute atomic E-state index is 0.576. The molecule has 0 saturated carbocycles. The number of hydrogen-bond acceptors (Lipinski definition) is 3. The first-order valence-electron chi connectivity index (χ1n) is 18.9. The summed E-state index contributed by atoms with van der Waals surface area (Å²) in [5.74, 6) is 1.82. The summed E-state index contributed by atoms with van der Waals surface area (Å²) in [6.45, 7) is 0. The third-order valence-electron chi connectivity index (χ3n) is 10.8. The standard InChI is InChI=1S/C51H33N5/c1-4-14-34(15-5-1)36-24-26-39(27-25-36)50-52-49(38-18-8-3-9-19-38)53-51(54-50)56-44-23-13-11-21-42(44)48-46(56)33-32-45-47(48)41-20-10-12-22-43(41)55(45)40-30-28-37(29-31-40)35-16-6-2-7-17-35/h1-33H. The highest BCUT2D eigenvalue weighted by atomic mass is 15.2. The molecule has 0 aliphatic carbocycles. The molecule has 0 N–H and O–H groups in total. The van der Waals surface area contributed by atoms with Crippen LogP contribution in [0.3, 0.4) is 0 Å². The smallest absolute Gasteiger partial charge is 0.238 e. The monoisotopic (exact) mass is 715 g/mol. The average Bonchev–Trinajstić information content (AvgIpc) is 3.80. The molecule has 11 aromatic rings. The molecular formula is C51H33N5. The fourth-order valence-corrected chi connectivity index (χ4v) is 8.20. The molecule has 262 valence electrons. The van der Waals surface area contributed by atoms with E-state index in [1.807, 2.05) is 24.3 Å². The van der Waals surface area contributed by atoms with Crippen LogP contribution in [0.25, 0.3) is 100 Å². The van der Waals surface area contributed by atoms with Gasteiger partial charge in [-0.3, -0.25) is 4.57 Å². The molecule has 0 amide bonds. The van der Waals surface area contributed by atoms with E-state index < -0.39 is 0 Å². The van der Waals surface area contributed by atoms with E-state index in [0.29, 0.717) is 17.6 Å². The van der Waals surface area contributed by atoms with Crippen molar-refractivity contribution < 1.29 is 0 Å². The van der Waals surface area contributed by atoms with Gasteiger partial charge in [-0.2, -0.15) is 9.97 Å². The zero-order valence-corrected chi connectivity index (χ0v) is 30.3. The molecule has 0 fully saturated rings. The second-order valence-electron chi connectivity index (χ2n) is 14.1. The highest BCUT2D eigenvalue weighted by Crippen LogP contribution is 2.42. The van der Waals surface area contributed by atoms with Crippen molar-refractivity contribution in [2.24, 2.45) is 0 Å². The first-order valence-corrected chi connectivity index (χ1v) is 18.9. The Labute approximate surface area is 323 Å². The Morgan fingerprint density at radius 2 is 0.643 bits per heavy atom. The van der Waals surface area contributed by atoms with Gasteiger partial charge in [0.05, 0.1) is 22.1 Å². The third-order valence-corrected chi connectivity index (χ3v) is 10.8. The summed E-state index contributed by atoms with van der Waals surface area (Å²) in [5.41, 5.74) is 12.1. The predicted octanol–water partition coefficient (Wildman–Crippen LogP) is 12.7. The zero-order valence-electron chi connectivity index (χ0n) is 30.3. The van der Waals surface area contributed by atoms with Crippen LogP contribution in [0, 0.1) is 0 Å². The molecule has 5 heteroatoms. The summed E-state index contributed by atoms with van der Waals surface area (Å²) in [5, 5.41) is 4.72. The lowest BCUT2D eigenvalue weighted by atomic mass is 10.0. The first-order chi connectivity index (χ1) is 27.8. The molecule has 0 spiro atoms. The second-order valence-corrected chi connectivity index (χ2v) is 14.1. The summed E-state index contributed by atoms with van der Waals surface area (Å²) in [6.07, 6.45) is 0. The van der Waals surface area contributed by atoms with Crippen molar-refractivity contribution in [2.45, 2.75) is 0 Å². The lowest BCUT2D eigenvalue weighted by Gasteiger charge is -2.12. The van der Waals surface area contributed by atoms with Crippen molar-refractivity contribution in [3.63, 3.8) is 0 Å². The highest BCUT2D eigenvalue weighted by Gasteiger charge is 2.22. The summed E-state index contributed by atoms with van der Waals surface area (Å²) >= 11 is 0. The molecule has 0 radical (unpaired) electrons. The van der Waals surface area contributed by atoms with Gasteiger partial charge in [0.1, 0.15) is 0 Å². The fraction of sp³-hybridized carbons (Fsp3) is 0. The van der Waals surface area contributed by atoms with Crippen molar-refractivity contribution in [3.8, 4) is 56.7 Å². The van der Waals surface area contributed by atoms with Gasteiger partial charge < -0.3 is 4.57 Å². The fourth-order valence-electron chi connectivity index (χ4n) is 8.20. The van der Waals surface area contributed by atoms with Crippen LogP contribution >= 0.6 is 0 Å². The second kappa shape index (κ2) is 13.0. The van der Waals surface area contributed by atoms with Gasteiger partial charge >= 0.3 is 0 Å². The van der Waals surface area contributed by atoms with Gasteiger partial charge in [0.2, 0.25) is 5.95 Å². The van der Waals surface area contributed by atoms with E-state index in [-0.39, 0.29) is 0 Å². The third kappa shape index (κ3) is 5.21. The van der Waals surface area contributed by atoms with Crippen molar-refractivity contribution in [1.82, 2.24) is 24.1 Å². The van der Waals surface area contributed by atoms with Gasteiger partial charge in [-0.25, -0.2) is 4.98 Å². The summed E-state index contributed by atoms with van der Waals surface area (Å²) in [4.78, 5) is 15.5. The Balaban J connectivity index is 1.14. The van der Waals surface area contributed by atoms with Crippen molar-refractivity contribution in [3.05, 3.63) is 200 Å². The van der Waals surface area contributed by atoms with Crippen molar-refractivity contribution in [1.29, 1.82) is 0 Å². The zero-order chi connectivity index (χ0) is 37.0. The number of aromatic nitrogens is 5. The van der Waals surface area contributed by atoms with Crippen molar-refractivity contribution in [2.75, 3.05) is 0 Å². The largest absolute Gasteiger partial charge is 0.309 e. The summed E-state index contributed by atoms with van der Waals surface area (Å²) < 4.78 is 4.60. The Morgan fingerprint density at radius 3 is 1.18 bits per heavy atom. The van der Waals surface area contributed by atoms with Crippen LogP contribution in [0.4, 0.5) is 0 Å². The molecule has 8 aromatic carbocycles. The molecule has 0 bridgehead atoms. The van der Waals surface area contributed by atoms with E-state index in [2.05, 4.69) is 185 Å². The first kappa shape index (κ1) is 31.9. The average molecular weight is 716 g/mol. The van der Waals surface area contributed by atoms with Crippen LogP contribution in [-0.2, 0) is 0 Å². The van der Waals surface area contributed by atoms with Crippen LogP contribution in [0.2, 0.25) is 0 Å². The SMILES string of the molecule is c1ccc(-c2ccc(-c3nc(-c4ccccc4)nc(-n4c5ccccc5c5c6c7ccccc7n(-c7ccc(-c8ccccc8)cc7)c6ccc54)n3)cc2)cc1. The molecule has 3 heterocycles. The van der Waals surface area contributed by atoms with E-state index in [1.165, 1.54) is 32.8 Å². The van der Waals surface area contributed by atoms with Gasteiger partial charge in [-0.15, -0.1) is 0 Å². The molecule has 56 heavy (non-hydrogen) atoms. The van der Waals surface area contributed by atoms with Gasteiger partial charge in [-0.05, 0) is 58.7 Å². The van der Waals surface area contributed by atoms with Gasteiger partial charge in [0, 0.05) is 38.4 Å². The molecule has 0 saturated heterocycles. The lowest BCUT2D eigenvalue weighted by molar-refractivity contribution is 0.953. The van der Waals surface area contributed by atoms with Crippen molar-refractivity contribution >= 4 is 43.6 Å². The molecule has 0 aliphatic heterocycles. The van der Waals surface area contributed by atoms with E-state index in [1.54, 1.807) is 0 Å². The van der Waals surface area contributed by atoms with Gasteiger partial charge in [0.25, 0.3) is 0 Å². The summed E-state index contributed by atoms with van der Waals surface area (Å²) in [7, 11) is 0.